The molecule has 0 spiro atoms. The molecule has 2 amide bonds. The van der Waals surface area contributed by atoms with Crippen LogP contribution in [-0.4, -0.2) is 41.2 Å². The Labute approximate surface area is 230 Å². The predicted octanol–water partition coefficient (Wildman–Crippen LogP) is 4.71. The number of para-hydroxylation sites is 1. The maximum absolute atomic E-state index is 13.6. The monoisotopic (exact) mass is 539 g/mol. The van der Waals surface area contributed by atoms with E-state index >= 15 is 0 Å². The van der Waals surface area contributed by atoms with Gasteiger partial charge in [-0.05, 0) is 73.2 Å². The smallest absolute Gasteiger partial charge is 0.337 e. The number of carbonyl (C=O) groups is 3. The molecule has 1 aliphatic heterocycles. The molecule has 1 fully saturated rings. The van der Waals surface area contributed by atoms with E-state index in [1.165, 1.54) is 12.0 Å². The Morgan fingerprint density at radius 3 is 2.54 bits per heavy atom. The van der Waals surface area contributed by atoms with Crippen molar-refractivity contribution in [2.24, 2.45) is 0 Å². The quantitative estimate of drug-likeness (QED) is 0.158. The van der Waals surface area contributed by atoms with Gasteiger partial charge in [0.25, 0.3) is 11.8 Å². The van der Waals surface area contributed by atoms with E-state index in [-0.39, 0.29) is 10.7 Å². The van der Waals surface area contributed by atoms with E-state index in [9.17, 15) is 14.4 Å². The zero-order valence-corrected chi connectivity index (χ0v) is 22.2. The summed E-state index contributed by atoms with van der Waals surface area (Å²) in [4.78, 5) is 39.8. The van der Waals surface area contributed by atoms with Crippen LogP contribution in [0, 0.1) is 0 Å². The topological polar surface area (TPSA) is 89.9 Å². The van der Waals surface area contributed by atoms with Crippen LogP contribution in [0.2, 0.25) is 0 Å². The third-order valence-electron chi connectivity index (χ3n) is 6.33. The summed E-state index contributed by atoms with van der Waals surface area (Å²) in [5, 5.41) is 3.52. The van der Waals surface area contributed by atoms with Gasteiger partial charge in [-0.2, -0.15) is 0 Å². The number of thiocarbonyl (C=S) groups is 1. The molecule has 0 atom stereocenters. The van der Waals surface area contributed by atoms with Crippen molar-refractivity contribution in [1.82, 2.24) is 9.88 Å². The second kappa shape index (κ2) is 10.9. The van der Waals surface area contributed by atoms with E-state index in [1.54, 1.807) is 48.5 Å². The molecule has 0 unspecified atom stereocenters. The summed E-state index contributed by atoms with van der Waals surface area (Å²) < 4.78 is 12.3. The molecule has 5 rings (SSSR count). The number of nitrogens with one attached hydrogen (secondary N) is 1. The number of esters is 1. The van der Waals surface area contributed by atoms with Gasteiger partial charge in [-0.3, -0.25) is 19.8 Å². The Hall–Kier alpha value is -4.76. The number of methoxy groups -OCH3 is 1. The number of aromatic nitrogens is 1. The fourth-order valence-electron chi connectivity index (χ4n) is 4.54. The SMILES string of the molecule is CCOc1ccc(N2C(=O)/C(=C/c3cn(Cc4cccc(C(=O)OC)c4)c4ccccc34)C(=O)NC2=S)cc1. The van der Waals surface area contributed by atoms with Gasteiger partial charge in [-0.1, -0.05) is 30.3 Å². The second-order valence-electron chi connectivity index (χ2n) is 8.81. The first-order chi connectivity index (χ1) is 18.9. The molecule has 2 heterocycles. The molecule has 0 aliphatic carbocycles. The molecule has 196 valence electrons. The van der Waals surface area contributed by atoms with E-state index in [4.69, 9.17) is 21.7 Å². The summed E-state index contributed by atoms with van der Waals surface area (Å²) in [6.07, 6.45) is 3.47. The number of hydrogen-bond acceptors (Lipinski definition) is 6. The molecule has 39 heavy (non-hydrogen) atoms. The molecule has 3 aromatic carbocycles. The van der Waals surface area contributed by atoms with Crippen LogP contribution in [0.25, 0.3) is 17.0 Å². The van der Waals surface area contributed by atoms with Crippen LogP contribution in [0.4, 0.5) is 5.69 Å². The molecule has 4 aromatic rings. The first kappa shape index (κ1) is 25.9. The number of carbonyl (C=O) groups excluding carboxylic acids is 3. The highest BCUT2D eigenvalue weighted by molar-refractivity contribution is 7.80. The maximum Gasteiger partial charge on any atom is 0.337 e. The predicted molar refractivity (Wildman–Crippen MR) is 153 cm³/mol. The molecule has 1 N–H and O–H groups in total. The summed E-state index contributed by atoms with van der Waals surface area (Å²) >= 11 is 5.33. The Morgan fingerprint density at radius 1 is 1.03 bits per heavy atom. The fourth-order valence-corrected chi connectivity index (χ4v) is 4.82. The average Bonchev–Trinajstić information content (AvgIpc) is 3.28. The van der Waals surface area contributed by atoms with Gasteiger partial charge in [0.15, 0.2) is 5.11 Å². The van der Waals surface area contributed by atoms with Crippen molar-refractivity contribution in [2.45, 2.75) is 13.5 Å². The van der Waals surface area contributed by atoms with E-state index < -0.39 is 17.8 Å². The van der Waals surface area contributed by atoms with Crippen LogP contribution in [0.3, 0.4) is 0 Å². The maximum atomic E-state index is 13.6. The Kier molecular flexibility index (Phi) is 7.25. The third-order valence-corrected chi connectivity index (χ3v) is 6.61. The summed E-state index contributed by atoms with van der Waals surface area (Å²) in [6, 6.07) is 21.9. The minimum Gasteiger partial charge on any atom is -0.494 e. The molecular weight excluding hydrogens is 514 g/mol. The van der Waals surface area contributed by atoms with Crippen LogP contribution in [-0.2, 0) is 20.9 Å². The van der Waals surface area contributed by atoms with Crippen LogP contribution < -0.4 is 15.0 Å². The lowest BCUT2D eigenvalue weighted by molar-refractivity contribution is -0.122. The number of rotatable bonds is 7. The van der Waals surface area contributed by atoms with Gasteiger partial charge in [0.1, 0.15) is 11.3 Å². The fraction of sp³-hybridized carbons (Fsp3) is 0.133. The molecule has 9 heteroatoms. The third kappa shape index (κ3) is 5.17. The lowest BCUT2D eigenvalue weighted by Crippen LogP contribution is -2.54. The zero-order chi connectivity index (χ0) is 27.5. The van der Waals surface area contributed by atoms with E-state index in [0.717, 1.165) is 16.5 Å². The van der Waals surface area contributed by atoms with Gasteiger partial charge >= 0.3 is 5.97 Å². The highest BCUT2D eigenvalue weighted by atomic mass is 32.1. The van der Waals surface area contributed by atoms with Crippen molar-refractivity contribution in [3.05, 3.63) is 101 Å². The standard InChI is InChI=1S/C30H25N3O5S/c1-3-38-23-13-11-22(12-14-23)33-28(35)25(27(34)31-30(33)39)16-21-18-32(26-10-5-4-9-24(21)26)17-19-7-6-8-20(15-19)29(36)37-2/h4-16,18H,3,17H2,1-2H3,(H,31,34,39)/b25-16+. The van der Waals surface area contributed by atoms with Gasteiger partial charge in [0.2, 0.25) is 0 Å². The number of amides is 2. The summed E-state index contributed by atoms with van der Waals surface area (Å²) in [5.74, 6) is -0.817. The van der Waals surface area contributed by atoms with Crippen LogP contribution in [0.15, 0.2) is 84.6 Å². The number of nitrogens with zero attached hydrogens (tertiary/aromatic N) is 2. The Balaban J connectivity index is 1.51. The molecule has 0 saturated carbocycles. The van der Waals surface area contributed by atoms with Gasteiger partial charge in [0, 0.05) is 29.2 Å². The molecular formula is C30H25N3O5S. The number of benzene rings is 3. The number of anilines is 1. The van der Waals surface area contributed by atoms with Crippen molar-refractivity contribution in [3.8, 4) is 5.75 Å². The van der Waals surface area contributed by atoms with E-state index in [1.807, 2.05) is 48.0 Å². The second-order valence-corrected chi connectivity index (χ2v) is 9.19. The van der Waals surface area contributed by atoms with Crippen molar-refractivity contribution in [3.63, 3.8) is 0 Å². The summed E-state index contributed by atoms with van der Waals surface area (Å²) in [7, 11) is 1.35. The van der Waals surface area contributed by atoms with Gasteiger partial charge in [-0.15, -0.1) is 0 Å². The van der Waals surface area contributed by atoms with Crippen LogP contribution in [0.1, 0.15) is 28.4 Å². The number of fused-ring (bicyclic) bond motifs is 1. The van der Waals surface area contributed by atoms with Crippen molar-refractivity contribution >= 4 is 57.8 Å². The lowest BCUT2D eigenvalue weighted by atomic mass is 10.1. The molecule has 1 aliphatic rings. The molecule has 0 bridgehead atoms. The zero-order valence-electron chi connectivity index (χ0n) is 21.3. The van der Waals surface area contributed by atoms with Crippen LogP contribution >= 0.6 is 12.2 Å². The Bertz CT molecular complexity index is 1640. The minimum atomic E-state index is -0.560. The van der Waals surface area contributed by atoms with Crippen molar-refractivity contribution in [1.29, 1.82) is 0 Å². The molecule has 1 aromatic heterocycles. The number of ether oxygens (including phenoxy) is 2. The van der Waals surface area contributed by atoms with Crippen LogP contribution in [0.5, 0.6) is 5.75 Å². The lowest BCUT2D eigenvalue weighted by Gasteiger charge is -2.29. The molecule has 8 nitrogen and oxygen atoms in total. The normalized spacial score (nSPS) is 14.6. The average molecular weight is 540 g/mol. The highest BCUT2D eigenvalue weighted by Crippen LogP contribution is 2.28. The molecule has 1 saturated heterocycles. The first-order valence-corrected chi connectivity index (χ1v) is 12.7. The minimum absolute atomic E-state index is 0.0132. The van der Waals surface area contributed by atoms with Gasteiger partial charge in [0.05, 0.1) is 25.0 Å². The summed E-state index contributed by atoms with van der Waals surface area (Å²) in [5.41, 5.74) is 3.46. The number of hydrogen-bond donors (Lipinski definition) is 1. The van der Waals surface area contributed by atoms with Gasteiger partial charge in [-0.25, -0.2) is 4.79 Å². The first-order valence-electron chi connectivity index (χ1n) is 12.3. The highest BCUT2D eigenvalue weighted by Gasteiger charge is 2.34. The van der Waals surface area contributed by atoms with Gasteiger partial charge < -0.3 is 14.0 Å². The van der Waals surface area contributed by atoms with Crippen molar-refractivity contribution in [2.75, 3.05) is 18.6 Å². The van der Waals surface area contributed by atoms with Crippen molar-refractivity contribution < 1.29 is 23.9 Å². The molecule has 0 radical (unpaired) electrons. The van der Waals surface area contributed by atoms with E-state index in [2.05, 4.69) is 5.32 Å². The van der Waals surface area contributed by atoms with E-state index in [0.29, 0.717) is 35.7 Å². The largest absolute Gasteiger partial charge is 0.494 e. The Morgan fingerprint density at radius 2 is 1.79 bits per heavy atom. The summed E-state index contributed by atoms with van der Waals surface area (Å²) in [6.45, 7) is 2.88.